The van der Waals surface area contributed by atoms with Crippen molar-refractivity contribution in [2.45, 2.75) is 31.9 Å². The number of rotatable bonds is 3. The van der Waals surface area contributed by atoms with E-state index in [1.165, 1.54) is 7.11 Å². The Kier molecular flexibility index (Phi) is 2.93. The van der Waals surface area contributed by atoms with E-state index < -0.39 is 5.60 Å². The van der Waals surface area contributed by atoms with Crippen molar-refractivity contribution in [2.75, 3.05) is 20.2 Å². The van der Waals surface area contributed by atoms with Crippen molar-refractivity contribution >= 4 is 5.97 Å². The predicted octanol–water partition coefficient (Wildman–Crippen LogP) is 0.00460. The zero-order valence-corrected chi connectivity index (χ0v) is 8.41. The van der Waals surface area contributed by atoms with Crippen LogP contribution in [0.1, 0.15) is 20.3 Å². The molecule has 1 fully saturated rings. The largest absolute Gasteiger partial charge is 0.468 e. The lowest BCUT2D eigenvalue weighted by atomic mass is 9.90. The molecule has 0 saturated carbocycles. The average molecular weight is 187 g/mol. The lowest BCUT2D eigenvalue weighted by molar-refractivity contribution is -0.159. The molecule has 1 N–H and O–H groups in total. The molecule has 0 aromatic heterocycles. The van der Waals surface area contributed by atoms with Crippen LogP contribution in [0.15, 0.2) is 0 Å². The number of esters is 1. The Morgan fingerprint density at radius 1 is 1.69 bits per heavy atom. The summed E-state index contributed by atoms with van der Waals surface area (Å²) in [5, 5.41) is 9.70. The van der Waals surface area contributed by atoms with E-state index >= 15 is 0 Å². The summed E-state index contributed by atoms with van der Waals surface area (Å²) in [5.41, 5.74) is -0.581. The van der Waals surface area contributed by atoms with Gasteiger partial charge in [0.15, 0.2) is 0 Å². The number of β-amino-alcohol motifs (C(OH)–C–C–N with tert-alkyl or cyclic N) is 1. The van der Waals surface area contributed by atoms with E-state index in [1.54, 1.807) is 6.92 Å². The van der Waals surface area contributed by atoms with Crippen LogP contribution in [0.5, 0.6) is 0 Å². The second-order valence-corrected chi connectivity index (χ2v) is 3.68. The van der Waals surface area contributed by atoms with E-state index in [9.17, 15) is 9.90 Å². The molecule has 0 radical (unpaired) electrons. The van der Waals surface area contributed by atoms with Gasteiger partial charge in [-0.3, -0.25) is 9.69 Å². The topological polar surface area (TPSA) is 49.8 Å². The third-order valence-electron chi connectivity index (χ3n) is 2.74. The number of carbonyl (C=O) groups is 1. The molecule has 1 heterocycles. The summed E-state index contributed by atoms with van der Waals surface area (Å²) < 4.78 is 4.61. The van der Waals surface area contributed by atoms with Gasteiger partial charge in [0, 0.05) is 13.1 Å². The second kappa shape index (κ2) is 3.64. The molecule has 13 heavy (non-hydrogen) atoms. The van der Waals surface area contributed by atoms with Crippen molar-refractivity contribution < 1.29 is 14.6 Å². The number of nitrogens with zero attached hydrogens (tertiary/aromatic N) is 1. The molecule has 0 aromatic rings. The van der Waals surface area contributed by atoms with Gasteiger partial charge in [0.2, 0.25) is 0 Å². The van der Waals surface area contributed by atoms with Crippen LogP contribution in [0, 0.1) is 0 Å². The van der Waals surface area contributed by atoms with E-state index in [0.717, 1.165) is 6.42 Å². The number of hydrogen-bond donors (Lipinski definition) is 1. The molecule has 1 aliphatic rings. The molecule has 1 aliphatic heterocycles. The van der Waals surface area contributed by atoms with Crippen molar-refractivity contribution in [3.05, 3.63) is 0 Å². The maximum Gasteiger partial charge on any atom is 0.322 e. The first-order valence-corrected chi connectivity index (χ1v) is 4.56. The van der Waals surface area contributed by atoms with Crippen LogP contribution in [0.3, 0.4) is 0 Å². The summed E-state index contributed by atoms with van der Waals surface area (Å²) in [6.45, 7) is 4.88. The van der Waals surface area contributed by atoms with Crippen LogP contribution >= 0.6 is 0 Å². The Labute approximate surface area is 78.5 Å². The zero-order chi connectivity index (χ0) is 10.1. The molecule has 0 aromatic carbocycles. The molecule has 0 aliphatic carbocycles. The second-order valence-electron chi connectivity index (χ2n) is 3.68. The van der Waals surface area contributed by atoms with E-state index in [1.807, 2.05) is 11.8 Å². The number of likely N-dealkylation sites (tertiary alicyclic amines) is 1. The molecule has 0 amide bonds. The highest BCUT2D eigenvalue weighted by Crippen LogP contribution is 2.26. The highest BCUT2D eigenvalue weighted by Gasteiger charge is 2.43. The van der Waals surface area contributed by atoms with Crippen LogP contribution in [0.4, 0.5) is 0 Å². The van der Waals surface area contributed by atoms with Crippen molar-refractivity contribution in [3.8, 4) is 0 Å². The van der Waals surface area contributed by atoms with Crippen molar-refractivity contribution in [2.24, 2.45) is 0 Å². The molecule has 0 bridgehead atoms. The molecule has 4 heteroatoms. The van der Waals surface area contributed by atoms with Gasteiger partial charge in [0.1, 0.15) is 6.04 Å². The number of ether oxygens (including phenoxy) is 1. The molecular formula is C9H17NO3. The summed E-state index contributed by atoms with van der Waals surface area (Å²) in [6, 6.07) is -0.239. The minimum atomic E-state index is -0.581. The maximum absolute atomic E-state index is 11.1. The van der Waals surface area contributed by atoms with Crippen LogP contribution in [0.25, 0.3) is 0 Å². The quantitative estimate of drug-likeness (QED) is 0.632. The first-order chi connectivity index (χ1) is 6.02. The molecular weight excluding hydrogens is 170 g/mol. The van der Waals surface area contributed by atoms with E-state index in [2.05, 4.69) is 4.74 Å². The monoisotopic (exact) mass is 187 g/mol. The minimum Gasteiger partial charge on any atom is -0.468 e. The molecule has 4 nitrogen and oxygen atoms in total. The van der Waals surface area contributed by atoms with Gasteiger partial charge in [0.25, 0.3) is 0 Å². The summed E-state index contributed by atoms with van der Waals surface area (Å²) in [5.74, 6) is -0.238. The van der Waals surface area contributed by atoms with Gasteiger partial charge in [-0.15, -0.1) is 0 Å². The smallest absolute Gasteiger partial charge is 0.322 e. The lowest BCUT2D eigenvalue weighted by Crippen LogP contribution is -2.65. The lowest BCUT2D eigenvalue weighted by Gasteiger charge is -2.48. The third kappa shape index (κ3) is 2.00. The molecule has 1 atom stereocenters. The highest BCUT2D eigenvalue weighted by molar-refractivity contribution is 5.75. The number of methoxy groups -OCH3 is 1. The van der Waals surface area contributed by atoms with E-state index in [-0.39, 0.29) is 12.0 Å². The van der Waals surface area contributed by atoms with Crippen molar-refractivity contribution in [3.63, 3.8) is 0 Å². The number of hydrogen-bond acceptors (Lipinski definition) is 4. The van der Waals surface area contributed by atoms with Gasteiger partial charge in [-0.05, 0) is 13.3 Å². The van der Waals surface area contributed by atoms with E-state index in [4.69, 9.17) is 0 Å². The van der Waals surface area contributed by atoms with Crippen LogP contribution in [0.2, 0.25) is 0 Å². The van der Waals surface area contributed by atoms with Gasteiger partial charge in [-0.2, -0.15) is 0 Å². The van der Waals surface area contributed by atoms with Gasteiger partial charge >= 0.3 is 5.97 Å². The molecule has 1 rings (SSSR count). The summed E-state index contributed by atoms with van der Waals surface area (Å²) in [6.07, 6.45) is 0.734. The fourth-order valence-corrected chi connectivity index (χ4v) is 1.53. The summed E-state index contributed by atoms with van der Waals surface area (Å²) >= 11 is 0. The Morgan fingerprint density at radius 2 is 2.23 bits per heavy atom. The molecule has 0 spiro atoms. The van der Waals surface area contributed by atoms with Crippen LogP contribution < -0.4 is 0 Å². The van der Waals surface area contributed by atoms with Gasteiger partial charge in [0.05, 0.1) is 12.7 Å². The molecule has 1 unspecified atom stereocenters. The van der Waals surface area contributed by atoms with Gasteiger partial charge < -0.3 is 9.84 Å². The predicted molar refractivity (Wildman–Crippen MR) is 48.3 cm³/mol. The Morgan fingerprint density at radius 3 is 2.62 bits per heavy atom. The average Bonchev–Trinajstić information content (AvgIpc) is 2.10. The Hall–Kier alpha value is -0.610. The number of aliphatic hydroxyl groups is 1. The standard InChI is InChI=1S/C9H17NO3/c1-4-9(12)5-10(6-9)7(2)8(11)13-3/h7,12H,4-6H2,1-3H3. The molecule has 1 saturated heterocycles. The minimum absolute atomic E-state index is 0.238. The number of carbonyl (C=O) groups excluding carboxylic acids is 1. The maximum atomic E-state index is 11.1. The van der Waals surface area contributed by atoms with Crippen LogP contribution in [-0.2, 0) is 9.53 Å². The van der Waals surface area contributed by atoms with Crippen molar-refractivity contribution in [1.82, 2.24) is 4.90 Å². The summed E-state index contributed by atoms with van der Waals surface area (Å²) in [7, 11) is 1.38. The molecule has 76 valence electrons. The van der Waals surface area contributed by atoms with Gasteiger partial charge in [-0.1, -0.05) is 6.92 Å². The van der Waals surface area contributed by atoms with E-state index in [0.29, 0.717) is 13.1 Å². The third-order valence-corrected chi connectivity index (χ3v) is 2.74. The Bertz CT molecular complexity index is 199. The highest BCUT2D eigenvalue weighted by atomic mass is 16.5. The summed E-state index contributed by atoms with van der Waals surface area (Å²) in [4.78, 5) is 13.0. The Balaban J connectivity index is 2.39. The fourth-order valence-electron chi connectivity index (χ4n) is 1.53. The van der Waals surface area contributed by atoms with Crippen LogP contribution in [-0.4, -0.2) is 47.8 Å². The zero-order valence-electron chi connectivity index (χ0n) is 8.41. The first-order valence-electron chi connectivity index (χ1n) is 4.56. The first kappa shape index (κ1) is 10.5. The normalized spacial score (nSPS) is 23.4. The van der Waals surface area contributed by atoms with Crippen molar-refractivity contribution in [1.29, 1.82) is 0 Å². The fraction of sp³-hybridized carbons (Fsp3) is 0.889. The van der Waals surface area contributed by atoms with Gasteiger partial charge in [-0.25, -0.2) is 0 Å². The SMILES string of the molecule is CCC1(O)CN(C(C)C(=O)OC)C1.